The second-order valence-electron chi connectivity index (χ2n) is 8.88. The number of carbonyl (C=O) groups is 1. The van der Waals surface area contributed by atoms with Gasteiger partial charge in [-0.3, -0.25) is 4.79 Å². The normalized spacial score (nSPS) is 16.8. The largest absolute Gasteiger partial charge is 0.365 e. The van der Waals surface area contributed by atoms with E-state index in [4.69, 9.17) is 4.74 Å². The zero-order chi connectivity index (χ0) is 19.7. The van der Waals surface area contributed by atoms with Gasteiger partial charge in [0, 0.05) is 13.5 Å². The summed E-state index contributed by atoms with van der Waals surface area (Å²) in [4.78, 5) is 19.4. The van der Waals surface area contributed by atoms with Gasteiger partial charge in [0.1, 0.15) is 11.9 Å². The van der Waals surface area contributed by atoms with Crippen molar-refractivity contribution in [3.05, 3.63) is 41.9 Å². The Bertz CT molecular complexity index is 783. The van der Waals surface area contributed by atoms with E-state index in [1.165, 1.54) is 5.56 Å². The van der Waals surface area contributed by atoms with Gasteiger partial charge in [0.25, 0.3) is 0 Å². The van der Waals surface area contributed by atoms with Crippen LogP contribution in [0.5, 0.6) is 0 Å². The second-order valence-corrected chi connectivity index (χ2v) is 8.88. The molecule has 1 aliphatic rings. The van der Waals surface area contributed by atoms with Crippen molar-refractivity contribution in [3.63, 3.8) is 0 Å². The van der Waals surface area contributed by atoms with Crippen LogP contribution in [0.25, 0.3) is 11.3 Å². The Morgan fingerprint density at radius 1 is 1.30 bits per heavy atom. The summed E-state index contributed by atoms with van der Waals surface area (Å²) in [6, 6.07) is 8.41. The number of imidazole rings is 1. The number of ether oxygens (including phenoxy) is 1. The number of aromatic nitrogens is 2. The van der Waals surface area contributed by atoms with Crippen LogP contribution in [0.1, 0.15) is 64.4 Å². The van der Waals surface area contributed by atoms with Crippen LogP contribution in [-0.4, -0.2) is 28.0 Å². The van der Waals surface area contributed by atoms with Crippen molar-refractivity contribution in [2.75, 3.05) is 6.54 Å². The van der Waals surface area contributed by atoms with E-state index in [2.05, 4.69) is 67.2 Å². The molecule has 3 rings (SSSR count). The molecule has 0 bridgehead atoms. The van der Waals surface area contributed by atoms with E-state index < -0.39 is 0 Å². The highest BCUT2D eigenvalue weighted by molar-refractivity contribution is 5.72. The maximum absolute atomic E-state index is 11.3. The highest BCUT2D eigenvalue weighted by atomic mass is 16.5. The lowest BCUT2D eigenvalue weighted by molar-refractivity contribution is -0.119. The molecule has 1 atom stereocenters. The third-order valence-corrected chi connectivity index (χ3v) is 5.05. The Morgan fingerprint density at radius 3 is 2.52 bits per heavy atom. The number of amides is 1. The Labute approximate surface area is 161 Å². The third-order valence-electron chi connectivity index (χ3n) is 5.05. The number of nitrogens with zero attached hydrogens (tertiary/aromatic N) is 1. The highest BCUT2D eigenvalue weighted by Crippen LogP contribution is 2.52. The van der Waals surface area contributed by atoms with Gasteiger partial charge in [-0.05, 0) is 57.9 Å². The quantitative estimate of drug-likeness (QED) is 0.752. The first-order valence-electron chi connectivity index (χ1n) is 9.70. The van der Waals surface area contributed by atoms with Crippen molar-refractivity contribution in [1.82, 2.24) is 15.3 Å². The van der Waals surface area contributed by atoms with Gasteiger partial charge < -0.3 is 15.0 Å². The van der Waals surface area contributed by atoms with Crippen LogP contribution in [-0.2, 0) is 9.53 Å². The molecule has 1 aliphatic carbocycles. The molecule has 1 aromatic carbocycles. The number of carbonyl (C=O) groups excluding carboxylic acids is 1. The molecule has 1 amide bonds. The fourth-order valence-electron chi connectivity index (χ4n) is 3.34. The number of nitrogens with one attached hydrogen (secondary N) is 2. The van der Waals surface area contributed by atoms with E-state index in [-0.39, 0.29) is 23.0 Å². The van der Waals surface area contributed by atoms with Crippen LogP contribution in [0.15, 0.2) is 30.5 Å². The lowest BCUT2D eigenvalue weighted by Crippen LogP contribution is -2.31. The van der Waals surface area contributed by atoms with Gasteiger partial charge in [-0.25, -0.2) is 4.98 Å². The number of hydrogen-bond donors (Lipinski definition) is 2. The lowest BCUT2D eigenvalue weighted by Gasteiger charge is -2.29. The maximum atomic E-state index is 11.3. The average Bonchev–Trinajstić information content (AvgIpc) is 3.15. The standard InChI is InChI=1S/C22H31N3O2/c1-15-6-8-17(9-7-15)18-13-23-20(25-18)19(27-21(3,4)5)12-22(10-11-22)14-24-16(2)26/h6-9,13,19H,10-12,14H2,1-5H3,(H,23,25)(H,24,26). The number of benzene rings is 1. The van der Waals surface area contributed by atoms with Crippen LogP contribution in [0.2, 0.25) is 0 Å². The molecule has 2 aromatic rings. The molecule has 0 spiro atoms. The van der Waals surface area contributed by atoms with E-state index >= 15 is 0 Å². The number of hydrogen-bond acceptors (Lipinski definition) is 3. The molecule has 27 heavy (non-hydrogen) atoms. The first-order chi connectivity index (χ1) is 12.7. The smallest absolute Gasteiger partial charge is 0.216 e. The SMILES string of the molecule is CC(=O)NCC1(CC(OC(C)(C)C)c2ncc(-c3ccc(C)cc3)[nH]2)CC1. The Morgan fingerprint density at radius 2 is 1.96 bits per heavy atom. The maximum Gasteiger partial charge on any atom is 0.216 e. The van der Waals surface area contributed by atoms with Gasteiger partial charge in [0.05, 0.1) is 17.5 Å². The molecule has 0 saturated heterocycles. The molecule has 1 unspecified atom stereocenters. The highest BCUT2D eigenvalue weighted by Gasteiger charge is 2.45. The van der Waals surface area contributed by atoms with Crippen molar-refractivity contribution in [3.8, 4) is 11.3 Å². The molecular formula is C22H31N3O2. The molecule has 1 aromatic heterocycles. The van der Waals surface area contributed by atoms with E-state index in [9.17, 15) is 4.79 Å². The van der Waals surface area contributed by atoms with Gasteiger partial charge >= 0.3 is 0 Å². The van der Waals surface area contributed by atoms with Crippen LogP contribution in [0, 0.1) is 12.3 Å². The van der Waals surface area contributed by atoms with E-state index in [0.29, 0.717) is 6.54 Å². The summed E-state index contributed by atoms with van der Waals surface area (Å²) in [5.41, 5.74) is 3.21. The van der Waals surface area contributed by atoms with E-state index in [1.807, 2.05) is 6.20 Å². The minimum atomic E-state index is -0.272. The summed E-state index contributed by atoms with van der Waals surface area (Å²) in [5, 5.41) is 2.98. The van der Waals surface area contributed by atoms with Crippen molar-refractivity contribution < 1.29 is 9.53 Å². The van der Waals surface area contributed by atoms with Gasteiger partial charge in [0.15, 0.2) is 0 Å². The van der Waals surface area contributed by atoms with E-state index in [0.717, 1.165) is 36.3 Å². The van der Waals surface area contributed by atoms with Gasteiger partial charge in [-0.15, -0.1) is 0 Å². The van der Waals surface area contributed by atoms with Gasteiger partial charge in [-0.2, -0.15) is 0 Å². The van der Waals surface area contributed by atoms with Crippen molar-refractivity contribution >= 4 is 5.91 Å². The zero-order valence-electron chi connectivity index (χ0n) is 17.1. The van der Waals surface area contributed by atoms with E-state index in [1.54, 1.807) is 6.92 Å². The zero-order valence-corrected chi connectivity index (χ0v) is 17.1. The Kier molecular flexibility index (Phi) is 5.43. The van der Waals surface area contributed by atoms with Crippen molar-refractivity contribution in [2.24, 2.45) is 5.41 Å². The summed E-state index contributed by atoms with van der Waals surface area (Å²) in [5.74, 6) is 0.879. The first-order valence-corrected chi connectivity index (χ1v) is 9.70. The minimum Gasteiger partial charge on any atom is -0.365 e. The number of H-pyrrole nitrogens is 1. The van der Waals surface area contributed by atoms with Gasteiger partial charge in [-0.1, -0.05) is 29.8 Å². The summed E-state index contributed by atoms with van der Waals surface area (Å²) >= 11 is 0. The summed E-state index contributed by atoms with van der Waals surface area (Å²) < 4.78 is 6.37. The fourth-order valence-corrected chi connectivity index (χ4v) is 3.34. The Balaban J connectivity index is 1.79. The molecular weight excluding hydrogens is 338 g/mol. The third kappa shape index (κ3) is 5.42. The molecule has 0 radical (unpaired) electrons. The van der Waals surface area contributed by atoms with Crippen LogP contribution < -0.4 is 5.32 Å². The molecule has 146 valence electrons. The molecule has 1 saturated carbocycles. The summed E-state index contributed by atoms with van der Waals surface area (Å²) in [7, 11) is 0. The van der Waals surface area contributed by atoms with Gasteiger partial charge in [0.2, 0.25) is 5.91 Å². The molecule has 0 aliphatic heterocycles. The molecule has 5 nitrogen and oxygen atoms in total. The predicted octanol–water partition coefficient (Wildman–Crippen LogP) is 4.55. The second kappa shape index (κ2) is 7.47. The van der Waals surface area contributed by atoms with Crippen LogP contribution in [0.3, 0.4) is 0 Å². The fraction of sp³-hybridized carbons (Fsp3) is 0.545. The number of rotatable bonds is 7. The Hall–Kier alpha value is -2.14. The predicted molar refractivity (Wildman–Crippen MR) is 107 cm³/mol. The van der Waals surface area contributed by atoms with Crippen molar-refractivity contribution in [1.29, 1.82) is 0 Å². The number of aryl methyl sites for hydroxylation is 1. The van der Waals surface area contributed by atoms with Crippen LogP contribution >= 0.6 is 0 Å². The monoisotopic (exact) mass is 369 g/mol. The molecule has 1 heterocycles. The molecule has 2 N–H and O–H groups in total. The topological polar surface area (TPSA) is 67.0 Å². The number of aromatic amines is 1. The molecule has 5 heteroatoms. The lowest BCUT2D eigenvalue weighted by atomic mass is 9.97. The molecule has 1 fully saturated rings. The van der Waals surface area contributed by atoms with Crippen LogP contribution in [0.4, 0.5) is 0 Å². The summed E-state index contributed by atoms with van der Waals surface area (Å²) in [6.45, 7) is 10.6. The van der Waals surface area contributed by atoms with Crippen molar-refractivity contribution in [2.45, 2.75) is 65.6 Å². The minimum absolute atomic E-state index is 0.0224. The average molecular weight is 370 g/mol. The summed E-state index contributed by atoms with van der Waals surface area (Å²) in [6.07, 6.45) is 4.84. The first kappa shape index (κ1) is 19.6.